The van der Waals surface area contributed by atoms with Crippen LogP contribution in [0.3, 0.4) is 0 Å². The second-order valence-electron chi connectivity index (χ2n) is 5.02. The van der Waals surface area contributed by atoms with Crippen LogP contribution in [0, 0.1) is 5.21 Å². The van der Waals surface area contributed by atoms with Gasteiger partial charge in [-0.25, -0.2) is 4.74 Å². The molecule has 124 valence electrons. The zero-order valence-corrected chi connectivity index (χ0v) is 13.0. The quantitative estimate of drug-likeness (QED) is 0.268. The Morgan fingerprint density at radius 3 is 2.23 bits per heavy atom. The summed E-state index contributed by atoms with van der Waals surface area (Å²) in [6.45, 7) is 0. The average Bonchev–Trinajstić information content (AvgIpc) is 2.83. The second kappa shape index (κ2) is 5.99. The molecule has 0 aliphatic heterocycles. The van der Waals surface area contributed by atoms with Gasteiger partial charge in [-0.2, -0.15) is 16.8 Å². The molecule has 1 aliphatic rings. The van der Waals surface area contributed by atoms with Crippen LogP contribution in [0.2, 0.25) is 0 Å². The standard InChI is InChI=1S/C11H15NO8S2/c13-12(8-4-2-1-3-5-8)7-9-10(21(14,15)16)6-11(20-9)22(17,18)19/h6-8H,1-5H2,(H,14,15,16)(H,17,18,19). The van der Waals surface area contributed by atoms with Crippen molar-refractivity contribution < 1.29 is 35.1 Å². The van der Waals surface area contributed by atoms with Crippen molar-refractivity contribution >= 4 is 26.5 Å². The molecular formula is C11H15NO8S2. The van der Waals surface area contributed by atoms with Gasteiger partial charge in [0, 0.05) is 18.9 Å². The summed E-state index contributed by atoms with van der Waals surface area (Å²) >= 11 is 0. The Bertz CT molecular complexity index is 784. The molecule has 0 unspecified atom stereocenters. The predicted molar refractivity (Wildman–Crippen MR) is 74.0 cm³/mol. The van der Waals surface area contributed by atoms with Gasteiger partial charge in [0.15, 0.2) is 6.04 Å². The van der Waals surface area contributed by atoms with E-state index < -0.39 is 36.0 Å². The monoisotopic (exact) mass is 353 g/mol. The molecule has 1 heterocycles. The number of rotatable bonds is 4. The summed E-state index contributed by atoms with van der Waals surface area (Å²) in [7, 11) is -9.62. The minimum absolute atomic E-state index is 0.373. The smallest absolute Gasteiger partial charge is 0.328 e. The van der Waals surface area contributed by atoms with Crippen molar-refractivity contribution in [1.29, 1.82) is 0 Å². The first-order valence-electron chi connectivity index (χ1n) is 6.48. The maximum absolute atomic E-state index is 12.0. The van der Waals surface area contributed by atoms with Gasteiger partial charge in [0.25, 0.3) is 10.1 Å². The van der Waals surface area contributed by atoms with E-state index in [2.05, 4.69) is 0 Å². The highest BCUT2D eigenvalue weighted by molar-refractivity contribution is 7.86. The highest BCUT2D eigenvalue weighted by atomic mass is 32.2. The molecule has 11 heteroatoms. The molecule has 0 atom stereocenters. The lowest BCUT2D eigenvalue weighted by Gasteiger charge is -2.20. The van der Waals surface area contributed by atoms with Crippen molar-refractivity contribution in [2.75, 3.05) is 0 Å². The molecule has 0 amide bonds. The maximum atomic E-state index is 12.0. The Labute approximate surface area is 127 Å². The molecule has 1 aliphatic carbocycles. The van der Waals surface area contributed by atoms with E-state index in [-0.39, 0.29) is 6.04 Å². The molecule has 22 heavy (non-hydrogen) atoms. The Kier molecular flexibility index (Phi) is 4.61. The summed E-state index contributed by atoms with van der Waals surface area (Å²) in [6.07, 6.45) is 4.73. The molecule has 1 fully saturated rings. The maximum Gasteiger partial charge on any atom is 0.328 e. The third-order valence-electron chi connectivity index (χ3n) is 3.41. The summed E-state index contributed by atoms with van der Waals surface area (Å²) in [5.74, 6) is -0.643. The summed E-state index contributed by atoms with van der Waals surface area (Å²) in [5.41, 5.74) is 0. The molecule has 2 N–H and O–H groups in total. The fourth-order valence-corrected chi connectivity index (χ4v) is 3.48. The molecule has 9 nitrogen and oxygen atoms in total. The van der Waals surface area contributed by atoms with Crippen LogP contribution in [0.25, 0.3) is 0 Å². The number of nitrogens with zero attached hydrogens (tertiary/aromatic N) is 1. The van der Waals surface area contributed by atoms with Gasteiger partial charge in [-0.05, 0) is 12.8 Å². The van der Waals surface area contributed by atoms with Crippen molar-refractivity contribution in [3.05, 3.63) is 17.0 Å². The number of hydrogen-bond acceptors (Lipinski definition) is 6. The summed E-state index contributed by atoms with van der Waals surface area (Å²) in [4.78, 5) is -0.892. The number of hydrogen-bond donors (Lipinski definition) is 2. The molecule has 0 aromatic carbocycles. The third kappa shape index (κ3) is 3.85. The van der Waals surface area contributed by atoms with Gasteiger partial charge in [0.2, 0.25) is 17.1 Å². The number of furan rings is 1. The summed E-state index contributed by atoms with van der Waals surface area (Å²) in [6, 6.07) is 0.0767. The Morgan fingerprint density at radius 2 is 1.73 bits per heavy atom. The fraction of sp³-hybridized carbons (Fsp3) is 0.545. The van der Waals surface area contributed by atoms with Crippen LogP contribution in [0.5, 0.6) is 0 Å². The van der Waals surface area contributed by atoms with Gasteiger partial charge in [-0.15, -0.1) is 0 Å². The third-order valence-corrected chi connectivity index (χ3v) is 5.00. The minimum Gasteiger partial charge on any atom is -0.624 e. The average molecular weight is 353 g/mol. The van der Waals surface area contributed by atoms with Gasteiger partial charge in [0.05, 0.1) is 0 Å². The first-order valence-corrected chi connectivity index (χ1v) is 9.36. The Balaban J connectivity index is 2.47. The highest BCUT2D eigenvalue weighted by Crippen LogP contribution is 2.24. The van der Waals surface area contributed by atoms with Gasteiger partial charge in [-0.1, -0.05) is 6.42 Å². The van der Waals surface area contributed by atoms with E-state index in [9.17, 15) is 22.0 Å². The van der Waals surface area contributed by atoms with Crippen molar-refractivity contribution in [1.82, 2.24) is 0 Å². The highest BCUT2D eigenvalue weighted by Gasteiger charge is 2.28. The first-order chi connectivity index (χ1) is 10.1. The van der Waals surface area contributed by atoms with Gasteiger partial charge in [0.1, 0.15) is 4.90 Å². The van der Waals surface area contributed by atoms with Crippen molar-refractivity contribution in [3.8, 4) is 0 Å². The van der Waals surface area contributed by atoms with Crippen LogP contribution < -0.4 is 0 Å². The van der Waals surface area contributed by atoms with E-state index in [1.165, 1.54) is 0 Å². The summed E-state index contributed by atoms with van der Waals surface area (Å²) < 4.78 is 67.6. The van der Waals surface area contributed by atoms with Gasteiger partial charge in [-0.3, -0.25) is 9.11 Å². The second-order valence-corrected chi connectivity index (χ2v) is 7.77. The van der Waals surface area contributed by atoms with Crippen molar-refractivity contribution in [3.63, 3.8) is 0 Å². The predicted octanol–water partition coefficient (Wildman–Crippen LogP) is 1.03. The Hall–Kier alpha value is -1.43. The van der Waals surface area contributed by atoms with Crippen LogP contribution in [-0.4, -0.2) is 42.9 Å². The molecule has 1 aromatic rings. The molecule has 0 bridgehead atoms. The van der Waals surface area contributed by atoms with Gasteiger partial charge < -0.3 is 9.62 Å². The molecule has 1 aromatic heterocycles. The lowest BCUT2D eigenvalue weighted by Crippen LogP contribution is -2.25. The van der Waals surface area contributed by atoms with Gasteiger partial charge >= 0.3 is 10.1 Å². The van der Waals surface area contributed by atoms with E-state index in [1.807, 2.05) is 0 Å². The molecule has 1 saturated carbocycles. The van der Waals surface area contributed by atoms with Crippen molar-refractivity contribution in [2.24, 2.45) is 0 Å². The summed E-state index contributed by atoms with van der Waals surface area (Å²) in [5, 5.41) is 11.0. The Morgan fingerprint density at radius 1 is 1.14 bits per heavy atom. The van der Waals surface area contributed by atoms with Crippen LogP contribution >= 0.6 is 0 Å². The van der Waals surface area contributed by atoms with Crippen LogP contribution in [-0.2, 0) is 20.2 Å². The lowest BCUT2D eigenvalue weighted by atomic mass is 9.96. The largest absolute Gasteiger partial charge is 0.624 e. The number of hydroxylamine groups is 1. The minimum atomic E-state index is -4.82. The first kappa shape index (κ1) is 16.9. The molecule has 0 saturated heterocycles. The zero-order chi connectivity index (χ0) is 16.5. The van der Waals surface area contributed by atoms with Crippen LogP contribution in [0.1, 0.15) is 37.9 Å². The van der Waals surface area contributed by atoms with E-state index in [1.54, 1.807) is 0 Å². The molecular weight excluding hydrogens is 338 g/mol. The lowest BCUT2D eigenvalue weighted by molar-refractivity contribution is -0.501. The fourth-order valence-electron chi connectivity index (χ4n) is 2.34. The molecule has 2 rings (SSSR count). The van der Waals surface area contributed by atoms with Crippen LogP contribution in [0.15, 0.2) is 20.5 Å². The van der Waals surface area contributed by atoms with E-state index >= 15 is 0 Å². The molecule has 0 spiro atoms. The zero-order valence-electron chi connectivity index (χ0n) is 11.4. The van der Waals surface area contributed by atoms with E-state index in [0.717, 1.165) is 25.5 Å². The SMILES string of the molecule is O=S(=O)(O)c1cc(S(=O)(=O)O)c(C=[N+]([O-])C2CCCCC2)o1. The van der Waals surface area contributed by atoms with E-state index in [0.29, 0.717) is 23.6 Å². The normalized spacial score (nSPS) is 18.5. The van der Waals surface area contributed by atoms with Crippen LogP contribution in [0.4, 0.5) is 0 Å². The topological polar surface area (TPSA) is 148 Å². The van der Waals surface area contributed by atoms with E-state index in [4.69, 9.17) is 13.5 Å². The molecule has 0 radical (unpaired) electrons. The van der Waals surface area contributed by atoms with Crippen molar-refractivity contribution in [2.45, 2.75) is 48.1 Å².